The number of pyridine rings is 1. The summed E-state index contributed by atoms with van der Waals surface area (Å²) in [6.45, 7) is 5.61. The van der Waals surface area contributed by atoms with Gasteiger partial charge in [-0.3, -0.25) is 14.2 Å². The Morgan fingerprint density at radius 2 is 1.70 bits per heavy atom. The summed E-state index contributed by atoms with van der Waals surface area (Å²) in [7, 11) is 0. The number of aryl methyl sites for hydroxylation is 3. The molecule has 1 amide bonds. The Balaban J connectivity index is 1.51. The number of nitrogens with one attached hydrogen (secondary N) is 1. The van der Waals surface area contributed by atoms with Gasteiger partial charge in [0.25, 0.3) is 5.56 Å². The predicted octanol–water partition coefficient (Wildman–Crippen LogP) is 5.24. The number of nitrogens with zero attached hydrogens (tertiary/aromatic N) is 3. The van der Waals surface area contributed by atoms with Crippen molar-refractivity contribution in [1.29, 1.82) is 0 Å². The molecule has 0 bridgehead atoms. The van der Waals surface area contributed by atoms with Crippen LogP contribution in [0.1, 0.15) is 17.0 Å². The summed E-state index contributed by atoms with van der Waals surface area (Å²) in [4.78, 5) is 36.2. The zero-order chi connectivity index (χ0) is 23.1. The number of carbonyl (C=O) groups excluding carboxylic acids is 1. The molecular formula is C26H22N4O2S. The average Bonchev–Trinajstić information content (AvgIpc) is 3.14. The van der Waals surface area contributed by atoms with E-state index in [9.17, 15) is 9.59 Å². The van der Waals surface area contributed by atoms with Gasteiger partial charge in [-0.2, -0.15) is 0 Å². The first-order valence-electron chi connectivity index (χ1n) is 10.6. The number of benzene rings is 2. The lowest BCUT2D eigenvalue weighted by Crippen LogP contribution is -2.29. The topological polar surface area (TPSA) is 76.9 Å². The molecule has 33 heavy (non-hydrogen) atoms. The second kappa shape index (κ2) is 8.26. The molecule has 2 aromatic carbocycles. The molecule has 0 fully saturated rings. The molecule has 0 radical (unpaired) electrons. The molecule has 1 N–H and O–H groups in total. The Labute approximate surface area is 194 Å². The van der Waals surface area contributed by atoms with Gasteiger partial charge in [-0.25, -0.2) is 9.97 Å². The number of thiophene rings is 1. The Kier molecular flexibility index (Phi) is 5.26. The van der Waals surface area contributed by atoms with Gasteiger partial charge in [-0.15, -0.1) is 11.3 Å². The molecule has 3 aromatic heterocycles. The van der Waals surface area contributed by atoms with Crippen LogP contribution in [0.15, 0.2) is 65.5 Å². The van der Waals surface area contributed by atoms with E-state index in [2.05, 4.69) is 10.3 Å². The second-order valence-electron chi connectivity index (χ2n) is 8.17. The number of rotatable bonds is 4. The minimum atomic E-state index is -0.267. The Morgan fingerprint density at radius 1 is 0.970 bits per heavy atom. The normalized spacial score (nSPS) is 11.2. The Morgan fingerprint density at radius 3 is 2.42 bits per heavy atom. The van der Waals surface area contributed by atoms with Gasteiger partial charge in [0, 0.05) is 16.6 Å². The third-order valence-corrected chi connectivity index (χ3v) is 6.59. The number of fused-ring (bicyclic) bond motifs is 3. The summed E-state index contributed by atoms with van der Waals surface area (Å²) >= 11 is 1.32. The molecule has 0 saturated carbocycles. The molecule has 0 spiro atoms. The lowest BCUT2D eigenvalue weighted by atomic mass is 10.1. The van der Waals surface area contributed by atoms with Crippen molar-refractivity contribution >= 4 is 43.4 Å². The van der Waals surface area contributed by atoms with Crippen molar-refractivity contribution in [3.8, 4) is 11.3 Å². The highest BCUT2D eigenvalue weighted by Crippen LogP contribution is 2.31. The molecule has 0 aliphatic heterocycles. The molecule has 0 aliphatic carbocycles. The SMILES string of the molecule is Cc1cc(C)cc(NC(=O)Cn2c(C)nc3c(sc4nc(-c5ccccc5)ccc43)c2=O)c1. The third-order valence-electron chi connectivity index (χ3n) is 5.51. The first kappa shape index (κ1) is 21.0. The number of carbonyl (C=O) groups is 1. The van der Waals surface area contributed by atoms with Crippen LogP contribution in [0.3, 0.4) is 0 Å². The van der Waals surface area contributed by atoms with Crippen molar-refractivity contribution in [3.63, 3.8) is 0 Å². The summed E-state index contributed by atoms with van der Waals surface area (Å²) in [5.74, 6) is 0.229. The molecule has 3 heterocycles. The highest BCUT2D eigenvalue weighted by molar-refractivity contribution is 7.25. The minimum Gasteiger partial charge on any atom is -0.325 e. The maximum atomic E-state index is 13.3. The van der Waals surface area contributed by atoms with Crippen LogP contribution in [-0.2, 0) is 11.3 Å². The van der Waals surface area contributed by atoms with Crippen LogP contribution in [0, 0.1) is 20.8 Å². The van der Waals surface area contributed by atoms with E-state index in [-0.39, 0.29) is 18.0 Å². The van der Waals surface area contributed by atoms with Gasteiger partial charge in [0.15, 0.2) is 0 Å². The molecule has 0 aliphatic rings. The van der Waals surface area contributed by atoms with E-state index in [1.54, 1.807) is 6.92 Å². The lowest BCUT2D eigenvalue weighted by molar-refractivity contribution is -0.116. The number of anilines is 1. The van der Waals surface area contributed by atoms with E-state index in [1.807, 2.05) is 74.5 Å². The largest absolute Gasteiger partial charge is 0.325 e. The Hall–Kier alpha value is -3.84. The number of hydrogen-bond acceptors (Lipinski definition) is 5. The maximum absolute atomic E-state index is 13.3. The van der Waals surface area contributed by atoms with E-state index >= 15 is 0 Å². The fraction of sp³-hybridized carbons (Fsp3) is 0.154. The van der Waals surface area contributed by atoms with Gasteiger partial charge in [0.1, 0.15) is 21.9 Å². The molecule has 5 rings (SSSR count). The summed E-state index contributed by atoms with van der Waals surface area (Å²) < 4.78 is 1.93. The summed E-state index contributed by atoms with van der Waals surface area (Å²) in [5, 5.41) is 3.74. The van der Waals surface area contributed by atoms with Crippen LogP contribution >= 0.6 is 11.3 Å². The van der Waals surface area contributed by atoms with E-state index in [0.717, 1.165) is 38.3 Å². The molecule has 7 heteroatoms. The number of amides is 1. The smallest absolute Gasteiger partial charge is 0.272 e. The highest BCUT2D eigenvalue weighted by atomic mass is 32.1. The van der Waals surface area contributed by atoms with Crippen LogP contribution in [0.5, 0.6) is 0 Å². The van der Waals surface area contributed by atoms with E-state index in [4.69, 9.17) is 4.98 Å². The zero-order valence-electron chi connectivity index (χ0n) is 18.5. The number of aromatic nitrogens is 3. The van der Waals surface area contributed by atoms with Crippen LogP contribution in [-0.4, -0.2) is 20.4 Å². The van der Waals surface area contributed by atoms with Gasteiger partial charge in [0.2, 0.25) is 5.91 Å². The van der Waals surface area contributed by atoms with Crippen molar-refractivity contribution in [2.45, 2.75) is 27.3 Å². The molecule has 0 saturated heterocycles. The molecule has 164 valence electrons. The van der Waals surface area contributed by atoms with Gasteiger partial charge in [-0.1, -0.05) is 36.4 Å². The van der Waals surface area contributed by atoms with Gasteiger partial charge in [0.05, 0.1) is 11.2 Å². The monoisotopic (exact) mass is 454 g/mol. The fourth-order valence-corrected chi connectivity index (χ4v) is 5.12. The first-order valence-corrected chi connectivity index (χ1v) is 11.4. The van der Waals surface area contributed by atoms with Crippen LogP contribution in [0.25, 0.3) is 31.7 Å². The minimum absolute atomic E-state index is 0.0997. The van der Waals surface area contributed by atoms with Gasteiger partial charge in [-0.05, 0) is 56.2 Å². The van der Waals surface area contributed by atoms with E-state index in [0.29, 0.717) is 16.0 Å². The van der Waals surface area contributed by atoms with Gasteiger partial charge < -0.3 is 5.32 Å². The van der Waals surface area contributed by atoms with Crippen LogP contribution < -0.4 is 10.9 Å². The van der Waals surface area contributed by atoms with Crippen LogP contribution in [0.4, 0.5) is 5.69 Å². The summed E-state index contributed by atoms with van der Waals surface area (Å²) in [5.41, 5.74) is 5.12. The fourth-order valence-electron chi connectivity index (χ4n) is 4.06. The Bertz CT molecular complexity index is 1570. The van der Waals surface area contributed by atoms with Crippen molar-refractivity contribution in [2.24, 2.45) is 0 Å². The molecule has 0 unspecified atom stereocenters. The average molecular weight is 455 g/mol. The van der Waals surface area contributed by atoms with Crippen molar-refractivity contribution < 1.29 is 4.79 Å². The molecular weight excluding hydrogens is 432 g/mol. The number of hydrogen-bond donors (Lipinski definition) is 1. The van der Waals surface area contributed by atoms with Crippen molar-refractivity contribution in [3.05, 3.63) is 88.0 Å². The third kappa shape index (κ3) is 4.03. The van der Waals surface area contributed by atoms with E-state index < -0.39 is 0 Å². The summed E-state index contributed by atoms with van der Waals surface area (Å²) in [6.07, 6.45) is 0. The molecule has 5 aromatic rings. The second-order valence-corrected chi connectivity index (χ2v) is 9.17. The lowest BCUT2D eigenvalue weighted by Gasteiger charge is -2.11. The molecule has 6 nitrogen and oxygen atoms in total. The zero-order valence-corrected chi connectivity index (χ0v) is 19.4. The molecule has 0 atom stereocenters. The van der Waals surface area contributed by atoms with Crippen molar-refractivity contribution in [1.82, 2.24) is 14.5 Å². The predicted molar refractivity (Wildman–Crippen MR) is 134 cm³/mol. The van der Waals surface area contributed by atoms with Crippen molar-refractivity contribution in [2.75, 3.05) is 5.32 Å². The van der Waals surface area contributed by atoms with Crippen LogP contribution in [0.2, 0.25) is 0 Å². The summed E-state index contributed by atoms with van der Waals surface area (Å²) in [6, 6.07) is 19.7. The maximum Gasteiger partial charge on any atom is 0.272 e. The van der Waals surface area contributed by atoms with E-state index in [1.165, 1.54) is 15.9 Å². The standard InChI is InChI=1S/C26H22N4O2S/c1-15-11-16(2)13-19(12-15)28-22(31)14-30-17(3)27-23-20-9-10-21(18-7-5-4-6-8-18)29-25(20)33-24(23)26(30)32/h4-13H,14H2,1-3H3,(H,28,31). The quantitative estimate of drug-likeness (QED) is 0.403. The highest BCUT2D eigenvalue weighted by Gasteiger charge is 2.17. The first-order chi connectivity index (χ1) is 15.9. The van der Waals surface area contributed by atoms with Gasteiger partial charge >= 0.3 is 0 Å².